The molecular weight excluding hydrogens is 454 g/mol. The maximum Gasteiger partial charge on any atom is 0.303 e. The predicted octanol–water partition coefficient (Wildman–Crippen LogP) is 6.19. The lowest BCUT2D eigenvalue weighted by molar-refractivity contribution is -0.137. The van der Waals surface area contributed by atoms with E-state index in [1.807, 2.05) is 36.4 Å². The Morgan fingerprint density at radius 3 is 2.33 bits per heavy atom. The van der Waals surface area contributed by atoms with Gasteiger partial charge < -0.3 is 19.5 Å². The summed E-state index contributed by atoms with van der Waals surface area (Å²) in [5.41, 5.74) is 2.53. The Morgan fingerprint density at radius 1 is 0.944 bits per heavy atom. The molecule has 0 aromatic heterocycles. The molecule has 0 radical (unpaired) electrons. The van der Waals surface area contributed by atoms with Gasteiger partial charge in [0.15, 0.2) is 0 Å². The number of amides is 1. The number of nitrogens with zero attached hydrogens (tertiary/aromatic N) is 1. The third-order valence-electron chi connectivity index (χ3n) is 6.10. The van der Waals surface area contributed by atoms with Crippen molar-refractivity contribution in [3.05, 3.63) is 83.9 Å². The molecule has 1 aliphatic carbocycles. The van der Waals surface area contributed by atoms with Crippen LogP contribution in [0.15, 0.2) is 72.8 Å². The zero-order valence-electron chi connectivity index (χ0n) is 22.5. The van der Waals surface area contributed by atoms with Gasteiger partial charge in [-0.25, -0.2) is 0 Å². The third-order valence-corrected chi connectivity index (χ3v) is 6.10. The van der Waals surface area contributed by atoms with Crippen LogP contribution in [0.1, 0.15) is 57.2 Å². The normalized spacial score (nSPS) is 13.9. The number of rotatable bonds is 13. The van der Waals surface area contributed by atoms with Gasteiger partial charge in [-0.15, -0.1) is 0 Å². The number of para-hydroxylation sites is 2. The smallest absolute Gasteiger partial charge is 0.303 e. The Labute approximate surface area is 215 Å². The van der Waals surface area contributed by atoms with Gasteiger partial charge >= 0.3 is 5.97 Å². The van der Waals surface area contributed by atoms with E-state index in [9.17, 15) is 9.59 Å². The van der Waals surface area contributed by atoms with Gasteiger partial charge in [0.05, 0.1) is 16.5 Å². The molecule has 188 valence electrons. The van der Waals surface area contributed by atoms with Crippen LogP contribution in [0, 0.1) is 0 Å². The van der Waals surface area contributed by atoms with Gasteiger partial charge in [-0.1, -0.05) is 48.5 Å². The second-order valence-electron chi connectivity index (χ2n) is 8.84. The van der Waals surface area contributed by atoms with E-state index >= 15 is 0 Å². The SMILES string of the molecule is [2H]C([2H])(c1ccccc1OCCCCCC(=O)O)N(C(=O)c1ccc(-c2ccccc2OC)cc1)C1CC1. The van der Waals surface area contributed by atoms with Gasteiger partial charge in [0.2, 0.25) is 0 Å². The summed E-state index contributed by atoms with van der Waals surface area (Å²) in [6, 6.07) is 21.5. The van der Waals surface area contributed by atoms with Crippen LogP contribution in [0.4, 0.5) is 0 Å². The molecule has 4 rings (SSSR count). The molecule has 1 saturated carbocycles. The van der Waals surface area contributed by atoms with Crippen molar-refractivity contribution < 1.29 is 26.9 Å². The average Bonchev–Trinajstić information content (AvgIpc) is 3.75. The number of unbranched alkanes of at least 4 members (excludes halogenated alkanes) is 2. The highest BCUT2D eigenvalue weighted by Crippen LogP contribution is 2.33. The molecule has 1 N–H and O–H groups in total. The van der Waals surface area contributed by atoms with Crippen LogP contribution in [-0.2, 0) is 11.3 Å². The lowest BCUT2D eigenvalue weighted by Crippen LogP contribution is -2.32. The first-order chi connectivity index (χ1) is 18.3. The van der Waals surface area contributed by atoms with Gasteiger partial charge in [0.25, 0.3) is 5.91 Å². The Bertz CT molecular complexity index is 1260. The third kappa shape index (κ3) is 6.66. The first-order valence-electron chi connectivity index (χ1n) is 13.3. The average molecular weight is 490 g/mol. The standard InChI is InChI=1S/C30H33NO5/c1-35-28-12-7-5-10-26(28)22-14-16-23(17-15-22)30(34)31(25-18-19-25)21-24-9-4-6-11-27(24)36-20-8-2-3-13-29(32)33/h4-7,9-12,14-17,25H,2-3,8,13,18-21H2,1H3,(H,32,33)/i21D2. The molecule has 0 aliphatic heterocycles. The molecule has 0 spiro atoms. The molecule has 0 heterocycles. The Kier molecular flexibility index (Phi) is 7.71. The summed E-state index contributed by atoms with van der Waals surface area (Å²) in [6.45, 7) is -1.74. The van der Waals surface area contributed by atoms with E-state index in [1.54, 1.807) is 43.5 Å². The van der Waals surface area contributed by atoms with E-state index in [-0.39, 0.29) is 18.4 Å². The maximum absolute atomic E-state index is 13.7. The zero-order chi connectivity index (χ0) is 27.1. The quantitative estimate of drug-likeness (QED) is 0.290. The molecule has 1 aliphatic rings. The highest BCUT2D eigenvalue weighted by molar-refractivity contribution is 5.95. The lowest BCUT2D eigenvalue weighted by atomic mass is 10.0. The molecule has 6 nitrogen and oxygen atoms in total. The minimum atomic E-state index is -2.08. The number of hydrogen-bond acceptors (Lipinski definition) is 4. The molecule has 0 saturated heterocycles. The van der Waals surface area contributed by atoms with E-state index < -0.39 is 12.5 Å². The number of carbonyl (C=O) groups is 2. The summed E-state index contributed by atoms with van der Waals surface area (Å²) in [5.74, 6) is -0.0574. The van der Waals surface area contributed by atoms with Crippen LogP contribution in [0.5, 0.6) is 11.5 Å². The van der Waals surface area contributed by atoms with E-state index in [1.165, 1.54) is 4.90 Å². The van der Waals surface area contributed by atoms with Gasteiger partial charge in [0, 0.05) is 35.6 Å². The lowest BCUT2D eigenvalue weighted by Gasteiger charge is -2.24. The van der Waals surface area contributed by atoms with E-state index in [2.05, 4.69) is 0 Å². The molecule has 3 aromatic rings. The number of carboxylic acid groups (broad SMARTS) is 1. The second kappa shape index (κ2) is 12.2. The highest BCUT2D eigenvalue weighted by atomic mass is 16.5. The number of methoxy groups -OCH3 is 1. The van der Waals surface area contributed by atoms with Crippen molar-refractivity contribution in [2.45, 2.75) is 51.1 Å². The largest absolute Gasteiger partial charge is 0.496 e. The van der Waals surface area contributed by atoms with Crippen molar-refractivity contribution in [3.8, 4) is 22.6 Å². The van der Waals surface area contributed by atoms with Crippen molar-refractivity contribution in [1.29, 1.82) is 0 Å². The minimum absolute atomic E-state index is 0.122. The number of benzene rings is 3. The second-order valence-corrected chi connectivity index (χ2v) is 8.84. The summed E-state index contributed by atoms with van der Waals surface area (Å²) >= 11 is 0. The summed E-state index contributed by atoms with van der Waals surface area (Å²) in [5, 5.41) is 8.78. The molecule has 0 bridgehead atoms. The summed E-state index contributed by atoms with van der Waals surface area (Å²) in [7, 11) is 1.62. The number of carboxylic acids is 1. The Hall–Kier alpha value is -3.80. The van der Waals surface area contributed by atoms with Gasteiger partial charge in [0.1, 0.15) is 11.5 Å². The molecule has 3 aromatic carbocycles. The zero-order valence-corrected chi connectivity index (χ0v) is 20.5. The number of hydrogen-bond donors (Lipinski definition) is 1. The molecular formula is C30H33NO5. The molecule has 0 atom stereocenters. The van der Waals surface area contributed by atoms with Crippen LogP contribution < -0.4 is 9.47 Å². The van der Waals surface area contributed by atoms with Crippen LogP contribution in [0.3, 0.4) is 0 Å². The Balaban J connectivity index is 1.52. The molecule has 6 heteroatoms. The highest BCUT2D eigenvalue weighted by Gasteiger charge is 2.33. The van der Waals surface area contributed by atoms with E-state index in [0.29, 0.717) is 42.7 Å². The number of aliphatic carboxylic acids is 1. The molecule has 1 fully saturated rings. The minimum Gasteiger partial charge on any atom is -0.496 e. The van der Waals surface area contributed by atoms with Crippen LogP contribution in [0.25, 0.3) is 11.1 Å². The first kappa shape index (κ1) is 22.7. The van der Waals surface area contributed by atoms with Gasteiger partial charge in [-0.2, -0.15) is 0 Å². The fourth-order valence-electron chi connectivity index (χ4n) is 4.01. The van der Waals surface area contributed by atoms with Crippen molar-refractivity contribution >= 4 is 11.9 Å². The Morgan fingerprint density at radius 2 is 1.64 bits per heavy atom. The van der Waals surface area contributed by atoms with Crippen molar-refractivity contribution in [2.24, 2.45) is 0 Å². The summed E-state index contributed by atoms with van der Waals surface area (Å²) < 4.78 is 29.5. The van der Waals surface area contributed by atoms with Crippen LogP contribution in [-0.4, -0.2) is 41.6 Å². The topological polar surface area (TPSA) is 76.1 Å². The maximum atomic E-state index is 13.7. The van der Waals surface area contributed by atoms with Crippen molar-refractivity contribution in [1.82, 2.24) is 4.90 Å². The molecule has 1 amide bonds. The molecule has 0 unspecified atom stereocenters. The summed E-state index contributed by atoms with van der Waals surface area (Å²) in [6.07, 6.45) is 3.56. The van der Waals surface area contributed by atoms with Crippen LogP contribution in [0.2, 0.25) is 0 Å². The molecule has 36 heavy (non-hydrogen) atoms. The predicted molar refractivity (Wildman–Crippen MR) is 139 cm³/mol. The van der Waals surface area contributed by atoms with Crippen molar-refractivity contribution in [3.63, 3.8) is 0 Å². The van der Waals surface area contributed by atoms with E-state index in [4.69, 9.17) is 17.3 Å². The van der Waals surface area contributed by atoms with Crippen molar-refractivity contribution in [2.75, 3.05) is 13.7 Å². The van der Waals surface area contributed by atoms with Gasteiger partial charge in [-0.05, 0) is 61.9 Å². The first-order valence-corrected chi connectivity index (χ1v) is 12.3. The fourth-order valence-corrected chi connectivity index (χ4v) is 4.01. The monoisotopic (exact) mass is 489 g/mol. The van der Waals surface area contributed by atoms with Gasteiger partial charge in [-0.3, -0.25) is 9.59 Å². The van der Waals surface area contributed by atoms with Crippen LogP contribution >= 0.6 is 0 Å². The van der Waals surface area contributed by atoms with E-state index in [0.717, 1.165) is 29.7 Å². The fraction of sp³-hybridized carbons (Fsp3) is 0.333. The number of ether oxygens (including phenoxy) is 2. The number of carbonyl (C=O) groups excluding carboxylic acids is 1. The summed E-state index contributed by atoms with van der Waals surface area (Å²) in [4.78, 5) is 25.7.